The maximum atomic E-state index is 12.1. The van der Waals surface area contributed by atoms with Gasteiger partial charge in [0.2, 0.25) is 0 Å². The van der Waals surface area contributed by atoms with E-state index in [1.165, 1.54) is 10.9 Å². The number of hydrogen-bond donors (Lipinski definition) is 1. The van der Waals surface area contributed by atoms with Gasteiger partial charge >= 0.3 is 5.63 Å². The fourth-order valence-electron chi connectivity index (χ4n) is 2.56. The van der Waals surface area contributed by atoms with Crippen LogP contribution in [0.25, 0.3) is 11.0 Å². The smallest absolute Gasteiger partial charge is 0.336 e. The molecular formula is C19H20N2O4S. The van der Waals surface area contributed by atoms with Gasteiger partial charge in [0.05, 0.1) is 6.04 Å². The lowest BCUT2D eigenvalue weighted by Crippen LogP contribution is -2.36. The fourth-order valence-corrected chi connectivity index (χ4v) is 3.48. The third-order valence-electron chi connectivity index (χ3n) is 3.95. The van der Waals surface area contributed by atoms with Crippen LogP contribution >= 0.6 is 11.3 Å². The van der Waals surface area contributed by atoms with E-state index in [1.54, 1.807) is 35.6 Å². The summed E-state index contributed by atoms with van der Waals surface area (Å²) in [6, 6.07) is 12.4. The van der Waals surface area contributed by atoms with Gasteiger partial charge in [-0.25, -0.2) is 4.79 Å². The first-order chi connectivity index (χ1) is 12.5. The van der Waals surface area contributed by atoms with Crippen molar-refractivity contribution in [3.63, 3.8) is 0 Å². The molecule has 26 heavy (non-hydrogen) atoms. The summed E-state index contributed by atoms with van der Waals surface area (Å²) in [6.07, 6.45) is 0. The van der Waals surface area contributed by atoms with Crippen molar-refractivity contribution >= 4 is 28.2 Å². The van der Waals surface area contributed by atoms with Crippen LogP contribution < -0.4 is 15.7 Å². The average Bonchev–Trinajstić information content (AvgIpc) is 3.13. The molecule has 0 saturated carbocycles. The number of amides is 1. The molecule has 0 fully saturated rings. The second-order valence-corrected chi connectivity index (χ2v) is 7.02. The van der Waals surface area contributed by atoms with E-state index in [0.29, 0.717) is 17.9 Å². The predicted molar refractivity (Wildman–Crippen MR) is 102 cm³/mol. The van der Waals surface area contributed by atoms with Crippen molar-refractivity contribution in [2.45, 2.75) is 6.04 Å². The summed E-state index contributed by atoms with van der Waals surface area (Å²) < 4.78 is 10.6. The molecule has 0 aliphatic rings. The Bertz CT molecular complexity index is 934. The monoisotopic (exact) mass is 372 g/mol. The highest BCUT2D eigenvalue weighted by molar-refractivity contribution is 7.10. The molecule has 0 aliphatic carbocycles. The summed E-state index contributed by atoms with van der Waals surface area (Å²) in [5, 5.41) is 5.72. The zero-order chi connectivity index (χ0) is 18.5. The van der Waals surface area contributed by atoms with Gasteiger partial charge in [-0.05, 0) is 43.7 Å². The molecule has 7 heteroatoms. The highest BCUT2D eigenvalue weighted by atomic mass is 32.1. The number of rotatable bonds is 7. The Morgan fingerprint density at radius 2 is 2.08 bits per heavy atom. The Morgan fingerprint density at radius 1 is 1.27 bits per heavy atom. The second kappa shape index (κ2) is 8.16. The molecule has 0 spiro atoms. The van der Waals surface area contributed by atoms with Gasteiger partial charge in [-0.1, -0.05) is 6.07 Å². The van der Waals surface area contributed by atoms with Crippen LogP contribution in [0.5, 0.6) is 5.75 Å². The van der Waals surface area contributed by atoms with Gasteiger partial charge in [0.15, 0.2) is 6.61 Å². The first-order valence-electron chi connectivity index (χ1n) is 8.16. The number of fused-ring (bicyclic) bond motifs is 1. The van der Waals surface area contributed by atoms with Crippen LogP contribution in [-0.4, -0.2) is 38.1 Å². The largest absolute Gasteiger partial charge is 0.484 e. The van der Waals surface area contributed by atoms with Crippen LogP contribution in [0.2, 0.25) is 0 Å². The molecule has 136 valence electrons. The maximum Gasteiger partial charge on any atom is 0.336 e. The standard InChI is InChI=1S/C19H20N2O4S/c1-21(2)15(17-4-3-9-26-17)11-20-18(22)12-24-14-7-5-13-6-8-19(23)25-16(13)10-14/h3-10,15H,11-12H2,1-2H3,(H,20,22). The van der Waals surface area contributed by atoms with E-state index in [9.17, 15) is 9.59 Å². The SMILES string of the molecule is CN(C)C(CNC(=O)COc1ccc2ccc(=O)oc2c1)c1cccs1. The number of benzene rings is 1. The van der Waals surface area contributed by atoms with Crippen molar-refractivity contribution in [1.82, 2.24) is 10.2 Å². The molecule has 3 rings (SSSR count). The number of carbonyl (C=O) groups excluding carboxylic acids is 1. The molecule has 6 nitrogen and oxygen atoms in total. The molecule has 1 atom stereocenters. The molecule has 1 aromatic carbocycles. The average molecular weight is 372 g/mol. The van der Waals surface area contributed by atoms with Gasteiger partial charge in [0, 0.05) is 28.9 Å². The third kappa shape index (κ3) is 4.50. The number of likely N-dealkylation sites (N-methyl/N-ethyl adjacent to an activating group) is 1. The summed E-state index contributed by atoms with van der Waals surface area (Å²) >= 11 is 1.66. The highest BCUT2D eigenvalue weighted by Crippen LogP contribution is 2.22. The summed E-state index contributed by atoms with van der Waals surface area (Å²) in [6.45, 7) is 0.398. The van der Waals surface area contributed by atoms with Crippen molar-refractivity contribution < 1.29 is 13.9 Å². The topological polar surface area (TPSA) is 71.8 Å². The summed E-state index contributed by atoms with van der Waals surface area (Å²) in [4.78, 5) is 26.7. The van der Waals surface area contributed by atoms with Crippen LogP contribution in [-0.2, 0) is 4.79 Å². The first-order valence-corrected chi connectivity index (χ1v) is 9.04. The van der Waals surface area contributed by atoms with Crippen LogP contribution in [0.15, 0.2) is 57.1 Å². The molecule has 1 amide bonds. The highest BCUT2D eigenvalue weighted by Gasteiger charge is 2.16. The zero-order valence-electron chi connectivity index (χ0n) is 14.6. The van der Waals surface area contributed by atoms with Crippen molar-refractivity contribution in [2.75, 3.05) is 27.2 Å². The lowest BCUT2D eigenvalue weighted by molar-refractivity contribution is -0.123. The van der Waals surface area contributed by atoms with Gasteiger partial charge in [0.1, 0.15) is 11.3 Å². The van der Waals surface area contributed by atoms with Crippen LogP contribution in [0.3, 0.4) is 0 Å². The molecule has 0 aliphatic heterocycles. The second-order valence-electron chi connectivity index (χ2n) is 6.04. The van der Waals surface area contributed by atoms with E-state index in [1.807, 2.05) is 25.5 Å². The maximum absolute atomic E-state index is 12.1. The fraction of sp³-hybridized carbons (Fsp3) is 0.263. The van der Waals surface area contributed by atoms with Crippen molar-refractivity contribution in [1.29, 1.82) is 0 Å². The number of hydrogen-bond acceptors (Lipinski definition) is 6. The predicted octanol–water partition coefficient (Wildman–Crippen LogP) is 2.65. The molecule has 0 radical (unpaired) electrons. The normalized spacial score (nSPS) is 12.3. The number of ether oxygens (including phenoxy) is 1. The van der Waals surface area contributed by atoms with Gasteiger partial charge in [-0.3, -0.25) is 4.79 Å². The quantitative estimate of drug-likeness (QED) is 0.646. The molecule has 2 heterocycles. The summed E-state index contributed by atoms with van der Waals surface area (Å²) in [5.41, 5.74) is 0.0106. The minimum atomic E-state index is -0.421. The number of nitrogens with one attached hydrogen (secondary N) is 1. The van der Waals surface area contributed by atoms with E-state index < -0.39 is 5.63 Å². The molecule has 1 N–H and O–H groups in total. The van der Waals surface area contributed by atoms with Crippen molar-refractivity contribution in [3.8, 4) is 5.75 Å². The molecule has 3 aromatic rings. The van der Waals surface area contributed by atoms with Gasteiger partial charge in [-0.15, -0.1) is 11.3 Å². The minimum Gasteiger partial charge on any atom is -0.484 e. The van der Waals surface area contributed by atoms with Gasteiger partial charge in [0.25, 0.3) is 5.91 Å². The lowest BCUT2D eigenvalue weighted by Gasteiger charge is -2.23. The zero-order valence-corrected chi connectivity index (χ0v) is 15.4. The van der Waals surface area contributed by atoms with E-state index in [2.05, 4.69) is 16.3 Å². The van der Waals surface area contributed by atoms with Crippen LogP contribution in [0.4, 0.5) is 0 Å². The Kier molecular flexibility index (Phi) is 5.70. The lowest BCUT2D eigenvalue weighted by atomic mass is 10.2. The first kappa shape index (κ1) is 18.2. The van der Waals surface area contributed by atoms with E-state index in [0.717, 1.165) is 5.39 Å². The van der Waals surface area contributed by atoms with E-state index in [4.69, 9.17) is 9.15 Å². The number of thiophene rings is 1. The van der Waals surface area contributed by atoms with Crippen LogP contribution in [0.1, 0.15) is 10.9 Å². The van der Waals surface area contributed by atoms with Gasteiger partial charge in [-0.2, -0.15) is 0 Å². The molecule has 0 bridgehead atoms. The molecule has 1 unspecified atom stereocenters. The summed E-state index contributed by atoms with van der Waals surface area (Å²) in [5.74, 6) is 0.271. The Labute approximate surface area is 155 Å². The number of nitrogens with zero attached hydrogens (tertiary/aromatic N) is 1. The van der Waals surface area contributed by atoms with E-state index >= 15 is 0 Å². The van der Waals surface area contributed by atoms with Crippen LogP contribution in [0, 0.1) is 0 Å². The number of carbonyl (C=O) groups is 1. The van der Waals surface area contributed by atoms with Crippen molar-refractivity contribution in [3.05, 3.63) is 63.1 Å². The molecular weight excluding hydrogens is 352 g/mol. The Balaban J connectivity index is 1.56. The third-order valence-corrected chi connectivity index (χ3v) is 4.93. The molecule has 0 saturated heterocycles. The Morgan fingerprint density at radius 3 is 2.81 bits per heavy atom. The van der Waals surface area contributed by atoms with Gasteiger partial charge < -0.3 is 19.4 Å². The molecule has 2 aromatic heterocycles. The van der Waals surface area contributed by atoms with Crippen molar-refractivity contribution in [2.24, 2.45) is 0 Å². The Hall–Kier alpha value is -2.64. The summed E-state index contributed by atoms with van der Waals surface area (Å²) in [7, 11) is 3.96. The minimum absolute atomic E-state index is 0.104. The van der Waals surface area contributed by atoms with E-state index in [-0.39, 0.29) is 18.6 Å².